The quantitative estimate of drug-likeness (QED) is 0.617. The molecular weight excluding hydrogens is 336 g/mol. The molecule has 0 heterocycles. The Bertz CT molecular complexity index is 645. The van der Waals surface area contributed by atoms with E-state index in [1.165, 1.54) is 14.2 Å². The smallest absolute Gasteiger partial charge is 0.343 e. The summed E-state index contributed by atoms with van der Waals surface area (Å²) in [6, 6.07) is 10.4. The Kier molecular flexibility index (Phi) is 4.85. The van der Waals surface area contributed by atoms with Gasteiger partial charge >= 0.3 is 5.97 Å². The number of hydrogen-bond acceptors (Lipinski definition) is 4. The first kappa shape index (κ1) is 15.4. The van der Waals surface area contributed by atoms with Crippen molar-refractivity contribution in [2.45, 2.75) is 6.92 Å². The van der Waals surface area contributed by atoms with Crippen molar-refractivity contribution < 1.29 is 19.0 Å². The molecule has 0 fully saturated rings. The molecule has 0 atom stereocenters. The lowest BCUT2D eigenvalue weighted by atomic mass is 10.2. The molecule has 21 heavy (non-hydrogen) atoms. The van der Waals surface area contributed by atoms with Crippen molar-refractivity contribution in [1.82, 2.24) is 0 Å². The molecule has 0 saturated heterocycles. The van der Waals surface area contributed by atoms with E-state index in [-0.39, 0.29) is 0 Å². The van der Waals surface area contributed by atoms with E-state index in [1.807, 2.05) is 19.1 Å². The zero-order valence-corrected chi connectivity index (χ0v) is 13.6. The zero-order valence-electron chi connectivity index (χ0n) is 12.0. The van der Waals surface area contributed by atoms with Gasteiger partial charge in [0.25, 0.3) is 0 Å². The van der Waals surface area contributed by atoms with Gasteiger partial charge in [-0.3, -0.25) is 0 Å². The highest BCUT2D eigenvalue weighted by Crippen LogP contribution is 2.28. The maximum absolute atomic E-state index is 12.2. The normalized spacial score (nSPS) is 10.1. The minimum absolute atomic E-state index is 0.360. The minimum Gasteiger partial charge on any atom is -0.497 e. The van der Waals surface area contributed by atoms with Crippen LogP contribution in [0.15, 0.2) is 40.9 Å². The van der Waals surface area contributed by atoms with Crippen LogP contribution in [0.4, 0.5) is 0 Å². The van der Waals surface area contributed by atoms with Gasteiger partial charge in [-0.15, -0.1) is 0 Å². The number of rotatable bonds is 4. The van der Waals surface area contributed by atoms with Gasteiger partial charge in [-0.05, 0) is 52.7 Å². The third-order valence-electron chi connectivity index (χ3n) is 2.88. The lowest BCUT2D eigenvalue weighted by Gasteiger charge is -2.10. The second kappa shape index (κ2) is 6.63. The molecule has 4 nitrogen and oxygen atoms in total. The van der Waals surface area contributed by atoms with Gasteiger partial charge in [0.1, 0.15) is 17.2 Å². The van der Waals surface area contributed by atoms with Gasteiger partial charge in [-0.1, -0.05) is 6.07 Å². The number of ether oxygens (including phenoxy) is 3. The maximum atomic E-state index is 12.2. The molecule has 2 rings (SSSR count). The van der Waals surface area contributed by atoms with Crippen LogP contribution in [-0.2, 0) is 0 Å². The molecule has 0 aliphatic heterocycles. The SMILES string of the molecule is COc1cc(OC)cc(C(=O)Oc2ccc(C)cc2Br)c1. The largest absolute Gasteiger partial charge is 0.497 e. The van der Waals surface area contributed by atoms with Gasteiger partial charge in [-0.2, -0.15) is 0 Å². The standard InChI is InChI=1S/C16H15BrO4/c1-10-4-5-15(14(17)6-10)21-16(18)11-7-12(19-2)9-13(8-11)20-3/h4-9H,1-3H3. The highest BCUT2D eigenvalue weighted by Gasteiger charge is 2.14. The van der Waals surface area contributed by atoms with Crippen LogP contribution < -0.4 is 14.2 Å². The number of carbonyl (C=O) groups is 1. The molecule has 0 N–H and O–H groups in total. The zero-order chi connectivity index (χ0) is 15.4. The van der Waals surface area contributed by atoms with Crippen molar-refractivity contribution in [3.63, 3.8) is 0 Å². The number of benzene rings is 2. The van der Waals surface area contributed by atoms with E-state index >= 15 is 0 Å². The van der Waals surface area contributed by atoms with E-state index in [9.17, 15) is 4.79 Å². The Labute approximate surface area is 131 Å². The number of methoxy groups -OCH3 is 2. The first-order valence-corrected chi connectivity index (χ1v) is 7.04. The Hall–Kier alpha value is -2.01. The van der Waals surface area contributed by atoms with Crippen molar-refractivity contribution in [1.29, 1.82) is 0 Å². The summed E-state index contributed by atoms with van der Waals surface area (Å²) >= 11 is 3.38. The fourth-order valence-corrected chi connectivity index (χ4v) is 2.35. The van der Waals surface area contributed by atoms with E-state index in [0.717, 1.165) is 10.0 Å². The van der Waals surface area contributed by atoms with Gasteiger partial charge in [-0.25, -0.2) is 4.79 Å². The van der Waals surface area contributed by atoms with Crippen molar-refractivity contribution in [2.75, 3.05) is 14.2 Å². The maximum Gasteiger partial charge on any atom is 0.343 e. The summed E-state index contributed by atoms with van der Waals surface area (Å²) in [4.78, 5) is 12.2. The highest BCUT2D eigenvalue weighted by molar-refractivity contribution is 9.10. The predicted molar refractivity (Wildman–Crippen MR) is 83.4 cm³/mol. The van der Waals surface area contributed by atoms with Gasteiger partial charge in [0.2, 0.25) is 0 Å². The number of hydrogen-bond donors (Lipinski definition) is 0. The van der Waals surface area contributed by atoms with Crippen LogP contribution in [-0.4, -0.2) is 20.2 Å². The molecule has 0 unspecified atom stereocenters. The lowest BCUT2D eigenvalue weighted by Crippen LogP contribution is -2.09. The second-order valence-corrected chi connectivity index (χ2v) is 5.28. The van der Waals surface area contributed by atoms with Crippen LogP contribution in [0.1, 0.15) is 15.9 Å². The second-order valence-electron chi connectivity index (χ2n) is 4.42. The third-order valence-corrected chi connectivity index (χ3v) is 3.50. The van der Waals surface area contributed by atoms with E-state index in [0.29, 0.717) is 22.8 Å². The van der Waals surface area contributed by atoms with E-state index < -0.39 is 5.97 Å². The molecule has 0 amide bonds. The number of carbonyl (C=O) groups excluding carboxylic acids is 1. The summed E-state index contributed by atoms with van der Waals surface area (Å²) in [6.45, 7) is 1.96. The third kappa shape index (κ3) is 3.76. The Balaban J connectivity index is 2.27. The predicted octanol–water partition coefficient (Wildman–Crippen LogP) is 3.99. The fraction of sp³-hybridized carbons (Fsp3) is 0.188. The molecule has 0 saturated carbocycles. The lowest BCUT2D eigenvalue weighted by molar-refractivity contribution is 0.0732. The molecule has 5 heteroatoms. The first-order valence-electron chi connectivity index (χ1n) is 6.25. The number of aryl methyl sites for hydroxylation is 1. The number of esters is 1. The van der Waals surface area contributed by atoms with Crippen LogP contribution in [0.5, 0.6) is 17.2 Å². The van der Waals surface area contributed by atoms with E-state index in [4.69, 9.17) is 14.2 Å². The molecule has 0 aromatic heterocycles. The molecular formula is C16H15BrO4. The van der Waals surface area contributed by atoms with Crippen molar-refractivity contribution in [3.05, 3.63) is 52.0 Å². The Morgan fingerprint density at radius 1 is 1.00 bits per heavy atom. The summed E-state index contributed by atoms with van der Waals surface area (Å²) < 4.78 is 16.4. The summed E-state index contributed by atoms with van der Waals surface area (Å²) in [7, 11) is 3.06. The molecule has 0 spiro atoms. The van der Waals surface area contributed by atoms with Crippen molar-refractivity contribution >= 4 is 21.9 Å². The van der Waals surface area contributed by atoms with Gasteiger partial charge in [0, 0.05) is 6.07 Å². The van der Waals surface area contributed by atoms with Crippen LogP contribution in [0.25, 0.3) is 0 Å². The molecule has 0 bridgehead atoms. The molecule has 0 aliphatic carbocycles. The molecule has 2 aromatic carbocycles. The number of halogens is 1. The summed E-state index contributed by atoms with van der Waals surface area (Å²) in [5.41, 5.74) is 1.43. The van der Waals surface area contributed by atoms with Crippen LogP contribution in [0.2, 0.25) is 0 Å². The van der Waals surface area contributed by atoms with E-state index in [1.54, 1.807) is 24.3 Å². The van der Waals surface area contributed by atoms with Gasteiger partial charge in [0.15, 0.2) is 0 Å². The highest BCUT2D eigenvalue weighted by atomic mass is 79.9. The van der Waals surface area contributed by atoms with Crippen molar-refractivity contribution in [2.24, 2.45) is 0 Å². The average molecular weight is 351 g/mol. The Morgan fingerprint density at radius 3 is 2.14 bits per heavy atom. The summed E-state index contributed by atoms with van der Waals surface area (Å²) in [6.07, 6.45) is 0. The monoisotopic (exact) mass is 350 g/mol. The topological polar surface area (TPSA) is 44.8 Å². The molecule has 110 valence electrons. The van der Waals surface area contributed by atoms with E-state index in [2.05, 4.69) is 15.9 Å². The summed E-state index contributed by atoms with van der Waals surface area (Å²) in [5.74, 6) is 1.05. The summed E-state index contributed by atoms with van der Waals surface area (Å²) in [5, 5.41) is 0. The molecule has 0 radical (unpaired) electrons. The first-order chi connectivity index (χ1) is 10.0. The molecule has 2 aromatic rings. The van der Waals surface area contributed by atoms with Crippen LogP contribution >= 0.6 is 15.9 Å². The average Bonchev–Trinajstić information content (AvgIpc) is 2.49. The Morgan fingerprint density at radius 2 is 1.62 bits per heavy atom. The van der Waals surface area contributed by atoms with Gasteiger partial charge < -0.3 is 14.2 Å². The minimum atomic E-state index is -0.475. The van der Waals surface area contributed by atoms with Crippen LogP contribution in [0, 0.1) is 6.92 Å². The molecule has 0 aliphatic rings. The fourth-order valence-electron chi connectivity index (χ4n) is 1.77. The van der Waals surface area contributed by atoms with Gasteiger partial charge in [0.05, 0.1) is 24.3 Å². The van der Waals surface area contributed by atoms with Crippen molar-refractivity contribution in [3.8, 4) is 17.2 Å². The van der Waals surface area contributed by atoms with Crippen LogP contribution in [0.3, 0.4) is 0 Å².